The van der Waals surface area contributed by atoms with Crippen molar-refractivity contribution in [3.8, 4) is 0 Å². The van der Waals surface area contributed by atoms with Crippen molar-refractivity contribution in [1.82, 2.24) is 5.32 Å². The van der Waals surface area contributed by atoms with Crippen LogP contribution in [0.3, 0.4) is 0 Å². The molecule has 0 saturated heterocycles. The van der Waals surface area contributed by atoms with Crippen molar-refractivity contribution < 1.29 is 9.47 Å². The molecule has 0 aromatic heterocycles. The van der Waals surface area contributed by atoms with Gasteiger partial charge in [0.25, 0.3) is 0 Å². The zero-order chi connectivity index (χ0) is 8.81. The molecule has 1 aliphatic carbocycles. The van der Waals surface area contributed by atoms with Crippen LogP contribution in [0, 0.1) is 5.92 Å². The van der Waals surface area contributed by atoms with Gasteiger partial charge in [-0.2, -0.15) is 0 Å². The second kappa shape index (κ2) is 5.51. The van der Waals surface area contributed by atoms with Gasteiger partial charge in [-0.15, -0.1) is 0 Å². The number of rotatable bonds is 6. The summed E-state index contributed by atoms with van der Waals surface area (Å²) in [7, 11) is 3.72. The summed E-state index contributed by atoms with van der Waals surface area (Å²) in [5.74, 6) is 0.777. The summed E-state index contributed by atoms with van der Waals surface area (Å²) in [4.78, 5) is 0. The lowest BCUT2D eigenvalue weighted by Crippen LogP contribution is -2.40. The molecule has 0 aromatic carbocycles. The highest BCUT2D eigenvalue weighted by molar-refractivity contribution is 4.83. The largest absolute Gasteiger partial charge is 0.382 e. The molecule has 0 spiro atoms. The molecule has 1 saturated carbocycles. The highest BCUT2D eigenvalue weighted by atomic mass is 16.5. The molecule has 0 aromatic rings. The molecular weight excluding hydrogens is 154 g/mol. The van der Waals surface area contributed by atoms with Gasteiger partial charge in [0.05, 0.1) is 13.2 Å². The Morgan fingerprint density at radius 3 is 2.67 bits per heavy atom. The SMILES string of the molecule is CNC1CC(COCCOC)C1. The normalized spacial score (nSPS) is 28.5. The molecule has 0 radical (unpaired) electrons. The zero-order valence-corrected chi connectivity index (χ0v) is 8.01. The van der Waals surface area contributed by atoms with Crippen LogP contribution in [0.5, 0.6) is 0 Å². The van der Waals surface area contributed by atoms with E-state index in [9.17, 15) is 0 Å². The fourth-order valence-electron chi connectivity index (χ4n) is 1.50. The Balaban J connectivity index is 1.83. The van der Waals surface area contributed by atoms with Crippen LogP contribution < -0.4 is 5.32 Å². The van der Waals surface area contributed by atoms with E-state index >= 15 is 0 Å². The molecule has 0 bridgehead atoms. The monoisotopic (exact) mass is 173 g/mol. The van der Waals surface area contributed by atoms with Crippen LogP contribution in [0.2, 0.25) is 0 Å². The van der Waals surface area contributed by atoms with Gasteiger partial charge in [0.15, 0.2) is 0 Å². The second-order valence-electron chi connectivity index (χ2n) is 3.39. The number of methoxy groups -OCH3 is 1. The van der Waals surface area contributed by atoms with E-state index in [2.05, 4.69) is 5.32 Å². The minimum Gasteiger partial charge on any atom is -0.382 e. The Morgan fingerprint density at radius 1 is 1.33 bits per heavy atom. The summed E-state index contributed by atoms with van der Waals surface area (Å²) in [5.41, 5.74) is 0. The van der Waals surface area contributed by atoms with E-state index in [1.54, 1.807) is 7.11 Å². The first-order valence-corrected chi connectivity index (χ1v) is 4.60. The number of ether oxygens (including phenoxy) is 2. The predicted molar refractivity (Wildman–Crippen MR) is 48.3 cm³/mol. The molecular formula is C9H19NO2. The number of nitrogens with one attached hydrogen (secondary N) is 1. The molecule has 1 rings (SSSR count). The lowest BCUT2D eigenvalue weighted by atomic mass is 9.81. The van der Waals surface area contributed by atoms with Crippen molar-refractivity contribution in [2.75, 3.05) is 34.0 Å². The third-order valence-electron chi connectivity index (χ3n) is 2.43. The van der Waals surface area contributed by atoms with Gasteiger partial charge in [0, 0.05) is 19.8 Å². The van der Waals surface area contributed by atoms with E-state index in [0.29, 0.717) is 6.61 Å². The van der Waals surface area contributed by atoms with Crippen LogP contribution in [-0.2, 0) is 9.47 Å². The lowest BCUT2D eigenvalue weighted by molar-refractivity contribution is 0.0262. The van der Waals surface area contributed by atoms with E-state index in [-0.39, 0.29) is 0 Å². The van der Waals surface area contributed by atoms with E-state index in [0.717, 1.165) is 25.2 Å². The van der Waals surface area contributed by atoms with Gasteiger partial charge in [-0.25, -0.2) is 0 Å². The number of hydrogen-bond donors (Lipinski definition) is 1. The lowest BCUT2D eigenvalue weighted by Gasteiger charge is -2.34. The molecule has 1 aliphatic rings. The first-order valence-electron chi connectivity index (χ1n) is 4.60. The van der Waals surface area contributed by atoms with Gasteiger partial charge >= 0.3 is 0 Å². The summed E-state index contributed by atoms with van der Waals surface area (Å²) in [6.45, 7) is 2.35. The fraction of sp³-hybridized carbons (Fsp3) is 1.00. The van der Waals surface area contributed by atoms with Crippen LogP contribution in [0.15, 0.2) is 0 Å². The van der Waals surface area contributed by atoms with Gasteiger partial charge in [-0.1, -0.05) is 0 Å². The maximum Gasteiger partial charge on any atom is 0.0700 e. The molecule has 12 heavy (non-hydrogen) atoms. The smallest absolute Gasteiger partial charge is 0.0700 e. The van der Waals surface area contributed by atoms with Crippen molar-refractivity contribution >= 4 is 0 Å². The molecule has 1 N–H and O–H groups in total. The van der Waals surface area contributed by atoms with E-state index < -0.39 is 0 Å². The van der Waals surface area contributed by atoms with Gasteiger partial charge in [-0.05, 0) is 25.8 Å². The molecule has 0 amide bonds. The third-order valence-corrected chi connectivity index (χ3v) is 2.43. The van der Waals surface area contributed by atoms with E-state index in [1.807, 2.05) is 7.05 Å². The summed E-state index contributed by atoms with van der Waals surface area (Å²) in [6, 6.07) is 0.737. The van der Waals surface area contributed by atoms with E-state index in [1.165, 1.54) is 12.8 Å². The maximum absolute atomic E-state index is 5.42. The first-order chi connectivity index (χ1) is 5.86. The zero-order valence-electron chi connectivity index (χ0n) is 8.01. The number of hydrogen-bond acceptors (Lipinski definition) is 3. The van der Waals surface area contributed by atoms with Crippen LogP contribution in [0.4, 0.5) is 0 Å². The van der Waals surface area contributed by atoms with E-state index in [4.69, 9.17) is 9.47 Å². The molecule has 0 unspecified atom stereocenters. The molecule has 72 valence electrons. The average Bonchev–Trinajstić information content (AvgIpc) is 2.01. The Labute approximate surface area is 74.4 Å². The molecule has 0 atom stereocenters. The molecule has 3 nitrogen and oxygen atoms in total. The van der Waals surface area contributed by atoms with Crippen molar-refractivity contribution in [2.24, 2.45) is 5.92 Å². The molecule has 1 fully saturated rings. The second-order valence-corrected chi connectivity index (χ2v) is 3.39. The van der Waals surface area contributed by atoms with Crippen LogP contribution in [0.1, 0.15) is 12.8 Å². The first kappa shape index (κ1) is 9.96. The maximum atomic E-state index is 5.42. The summed E-state index contributed by atoms with van der Waals surface area (Å²) < 4.78 is 10.3. The minimum atomic E-state index is 0.710. The summed E-state index contributed by atoms with van der Waals surface area (Å²) in [6.07, 6.45) is 2.53. The third kappa shape index (κ3) is 3.09. The van der Waals surface area contributed by atoms with Gasteiger partial charge in [0.2, 0.25) is 0 Å². The van der Waals surface area contributed by atoms with Gasteiger partial charge in [-0.3, -0.25) is 0 Å². The predicted octanol–water partition coefficient (Wildman–Crippen LogP) is 0.647. The standard InChI is InChI=1S/C9H19NO2/c1-10-9-5-8(6-9)7-12-4-3-11-2/h8-10H,3-7H2,1-2H3. The Bertz CT molecular complexity index is 113. The minimum absolute atomic E-state index is 0.710. The summed E-state index contributed by atoms with van der Waals surface area (Å²) in [5, 5.41) is 3.25. The van der Waals surface area contributed by atoms with Crippen molar-refractivity contribution in [3.63, 3.8) is 0 Å². The quantitative estimate of drug-likeness (QED) is 0.598. The van der Waals surface area contributed by atoms with Crippen molar-refractivity contribution in [2.45, 2.75) is 18.9 Å². The highest BCUT2D eigenvalue weighted by Crippen LogP contribution is 2.26. The van der Waals surface area contributed by atoms with Crippen molar-refractivity contribution in [1.29, 1.82) is 0 Å². The fourth-order valence-corrected chi connectivity index (χ4v) is 1.50. The Morgan fingerprint density at radius 2 is 2.08 bits per heavy atom. The Hall–Kier alpha value is -0.120. The van der Waals surface area contributed by atoms with Gasteiger partial charge in [0.1, 0.15) is 0 Å². The van der Waals surface area contributed by atoms with Crippen LogP contribution >= 0.6 is 0 Å². The molecule has 3 heteroatoms. The Kier molecular flexibility index (Phi) is 4.58. The molecule has 0 heterocycles. The molecule has 0 aliphatic heterocycles. The highest BCUT2D eigenvalue weighted by Gasteiger charge is 2.27. The van der Waals surface area contributed by atoms with Crippen LogP contribution in [0.25, 0.3) is 0 Å². The van der Waals surface area contributed by atoms with Gasteiger partial charge < -0.3 is 14.8 Å². The topological polar surface area (TPSA) is 30.5 Å². The summed E-state index contributed by atoms with van der Waals surface area (Å²) >= 11 is 0. The van der Waals surface area contributed by atoms with Crippen LogP contribution in [-0.4, -0.2) is 40.0 Å². The van der Waals surface area contributed by atoms with Crippen molar-refractivity contribution in [3.05, 3.63) is 0 Å². The average molecular weight is 173 g/mol.